The van der Waals surface area contributed by atoms with Crippen molar-refractivity contribution in [2.75, 3.05) is 29.1 Å². The molecule has 158 valence electrons. The highest BCUT2D eigenvalue weighted by atomic mass is 32.2. The molecule has 2 N–H and O–H groups in total. The van der Waals surface area contributed by atoms with Gasteiger partial charge in [0.2, 0.25) is 5.91 Å². The Hall–Kier alpha value is -2.39. The van der Waals surface area contributed by atoms with E-state index in [9.17, 15) is 9.59 Å². The molecule has 0 fully saturated rings. The van der Waals surface area contributed by atoms with Crippen molar-refractivity contribution in [2.24, 2.45) is 0 Å². The van der Waals surface area contributed by atoms with Gasteiger partial charge in [0.15, 0.2) is 0 Å². The first kappa shape index (κ1) is 20.9. The lowest BCUT2D eigenvalue weighted by molar-refractivity contribution is -0.113. The van der Waals surface area contributed by atoms with Crippen molar-refractivity contribution in [3.05, 3.63) is 44.9 Å². The maximum absolute atomic E-state index is 12.5. The summed E-state index contributed by atoms with van der Waals surface area (Å²) in [6.07, 6.45) is 4.82. The first-order chi connectivity index (χ1) is 14.6. The monoisotopic (exact) mass is 443 g/mol. The molecule has 0 aliphatic heterocycles. The summed E-state index contributed by atoms with van der Waals surface area (Å²) in [5, 5.41) is 3.63. The zero-order valence-electron chi connectivity index (χ0n) is 17.2. The Bertz CT molecular complexity index is 1100. The summed E-state index contributed by atoms with van der Waals surface area (Å²) in [6.45, 7) is 5.95. The van der Waals surface area contributed by atoms with Gasteiger partial charge >= 0.3 is 0 Å². The molecule has 1 aliphatic carbocycles. The molecule has 0 unspecified atom stereocenters. The van der Waals surface area contributed by atoms with Gasteiger partial charge in [0, 0.05) is 18.0 Å². The van der Waals surface area contributed by atoms with Crippen molar-refractivity contribution >= 4 is 50.7 Å². The summed E-state index contributed by atoms with van der Waals surface area (Å²) in [6, 6.07) is 3.78. The average molecular weight is 444 g/mol. The van der Waals surface area contributed by atoms with Crippen molar-refractivity contribution in [3.8, 4) is 0 Å². The van der Waals surface area contributed by atoms with Gasteiger partial charge in [0.05, 0.1) is 28.8 Å². The summed E-state index contributed by atoms with van der Waals surface area (Å²) < 4.78 is 0. The molecular formula is C21H25N5O2S2. The fourth-order valence-electron chi connectivity index (χ4n) is 3.75. The summed E-state index contributed by atoms with van der Waals surface area (Å²) in [4.78, 5) is 40.9. The molecule has 30 heavy (non-hydrogen) atoms. The maximum Gasteiger partial charge on any atom is 0.259 e. The zero-order valence-corrected chi connectivity index (χ0v) is 18.8. The zero-order chi connectivity index (χ0) is 21.1. The van der Waals surface area contributed by atoms with Gasteiger partial charge in [0.1, 0.15) is 16.5 Å². The first-order valence-corrected chi connectivity index (χ1v) is 12.2. The molecule has 7 nitrogen and oxygen atoms in total. The number of pyridine rings is 1. The number of thioether (sulfide) groups is 1. The minimum absolute atomic E-state index is 0.0566. The van der Waals surface area contributed by atoms with E-state index in [-0.39, 0.29) is 17.2 Å². The van der Waals surface area contributed by atoms with Gasteiger partial charge in [-0.1, -0.05) is 0 Å². The first-order valence-electron chi connectivity index (χ1n) is 10.2. The van der Waals surface area contributed by atoms with E-state index < -0.39 is 0 Å². The van der Waals surface area contributed by atoms with Crippen LogP contribution in [0.1, 0.15) is 36.5 Å². The van der Waals surface area contributed by atoms with Gasteiger partial charge in [-0.05, 0) is 50.8 Å². The van der Waals surface area contributed by atoms with Gasteiger partial charge in [-0.3, -0.25) is 9.59 Å². The van der Waals surface area contributed by atoms with Crippen LogP contribution in [0.3, 0.4) is 0 Å². The molecule has 0 radical (unpaired) electrons. The number of hydrogen-bond donors (Lipinski definition) is 2. The summed E-state index contributed by atoms with van der Waals surface area (Å²) in [7, 11) is 0. The molecule has 3 heterocycles. The number of thiophene rings is 1. The van der Waals surface area contributed by atoms with Crippen molar-refractivity contribution in [2.45, 2.75) is 38.9 Å². The third-order valence-corrected chi connectivity index (χ3v) is 7.34. The Labute approximate surface area is 183 Å². The molecule has 9 heteroatoms. The van der Waals surface area contributed by atoms with Crippen LogP contribution >= 0.6 is 23.1 Å². The van der Waals surface area contributed by atoms with Crippen LogP contribution in [-0.4, -0.2) is 39.7 Å². The van der Waals surface area contributed by atoms with Crippen LogP contribution in [0.5, 0.6) is 0 Å². The number of aryl methyl sites for hydroxylation is 2. The van der Waals surface area contributed by atoms with Crippen LogP contribution in [-0.2, 0) is 23.4 Å². The van der Waals surface area contributed by atoms with Crippen molar-refractivity contribution in [1.82, 2.24) is 15.0 Å². The second kappa shape index (κ2) is 9.18. The number of amides is 1. The highest BCUT2D eigenvalue weighted by molar-refractivity contribution is 7.99. The molecule has 3 aromatic heterocycles. The summed E-state index contributed by atoms with van der Waals surface area (Å²) in [5.41, 5.74) is 1.80. The Balaban J connectivity index is 1.32. The molecule has 1 aliphatic rings. The van der Waals surface area contributed by atoms with E-state index in [1.165, 1.54) is 22.2 Å². The predicted molar refractivity (Wildman–Crippen MR) is 125 cm³/mol. The maximum atomic E-state index is 12.5. The van der Waals surface area contributed by atoms with Crippen molar-refractivity contribution < 1.29 is 4.79 Å². The quantitative estimate of drug-likeness (QED) is 0.553. The highest BCUT2D eigenvalue weighted by Gasteiger charge is 2.21. The van der Waals surface area contributed by atoms with Crippen LogP contribution in [0, 0.1) is 0 Å². The van der Waals surface area contributed by atoms with E-state index >= 15 is 0 Å². The number of aromatic amines is 1. The number of nitrogens with zero attached hydrogens (tertiary/aromatic N) is 3. The number of carbonyl (C=O) groups excluding carboxylic acids is 1. The second-order valence-corrected chi connectivity index (χ2v) is 9.24. The molecule has 0 spiro atoms. The molecule has 0 saturated carbocycles. The van der Waals surface area contributed by atoms with Gasteiger partial charge in [-0.2, -0.15) is 0 Å². The van der Waals surface area contributed by atoms with Crippen LogP contribution in [0.25, 0.3) is 10.2 Å². The SMILES string of the molecule is CCN(CC)c1ccc(NC(=O)CSCc2nc3sc4c(c3c(=O)[nH]2)CCC4)cn1. The van der Waals surface area contributed by atoms with Crippen LogP contribution in [0.2, 0.25) is 0 Å². The van der Waals surface area contributed by atoms with E-state index in [2.05, 4.69) is 39.0 Å². The smallest absolute Gasteiger partial charge is 0.259 e. The van der Waals surface area contributed by atoms with Crippen LogP contribution < -0.4 is 15.8 Å². The number of nitrogens with one attached hydrogen (secondary N) is 2. The molecule has 0 atom stereocenters. The summed E-state index contributed by atoms with van der Waals surface area (Å²) >= 11 is 3.06. The van der Waals surface area contributed by atoms with Crippen molar-refractivity contribution in [1.29, 1.82) is 0 Å². The lowest BCUT2D eigenvalue weighted by Crippen LogP contribution is -2.23. The molecule has 0 saturated heterocycles. The molecule has 0 bridgehead atoms. The minimum atomic E-state index is -0.101. The largest absolute Gasteiger partial charge is 0.357 e. The fraction of sp³-hybridized carbons (Fsp3) is 0.429. The number of anilines is 2. The highest BCUT2D eigenvalue weighted by Crippen LogP contribution is 2.34. The van der Waals surface area contributed by atoms with E-state index in [0.29, 0.717) is 17.3 Å². The van der Waals surface area contributed by atoms with Crippen LogP contribution in [0.4, 0.5) is 11.5 Å². The van der Waals surface area contributed by atoms with Gasteiger partial charge in [0.25, 0.3) is 5.56 Å². The molecule has 0 aromatic carbocycles. The number of carbonyl (C=O) groups is 1. The molecule has 1 amide bonds. The van der Waals surface area contributed by atoms with E-state index in [0.717, 1.165) is 48.4 Å². The van der Waals surface area contributed by atoms with E-state index in [4.69, 9.17) is 0 Å². The number of H-pyrrole nitrogens is 1. The Morgan fingerprint density at radius 3 is 2.87 bits per heavy atom. The van der Waals surface area contributed by atoms with Crippen LogP contribution in [0.15, 0.2) is 23.1 Å². The lowest BCUT2D eigenvalue weighted by atomic mass is 10.2. The Kier molecular flexibility index (Phi) is 6.38. The van der Waals surface area contributed by atoms with Gasteiger partial charge in [-0.15, -0.1) is 23.1 Å². The topological polar surface area (TPSA) is 91.0 Å². The average Bonchev–Trinajstić information content (AvgIpc) is 3.31. The number of rotatable bonds is 8. The Morgan fingerprint density at radius 1 is 1.30 bits per heavy atom. The van der Waals surface area contributed by atoms with E-state index in [1.54, 1.807) is 17.5 Å². The number of fused-ring (bicyclic) bond motifs is 3. The molecule has 3 aromatic rings. The number of aromatic nitrogens is 3. The lowest BCUT2D eigenvalue weighted by Gasteiger charge is -2.19. The predicted octanol–water partition coefficient (Wildman–Crippen LogP) is 3.59. The van der Waals surface area contributed by atoms with E-state index in [1.807, 2.05) is 12.1 Å². The fourth-order valence-corrected chi connectivity index (χ4v) is 5.72. The van der Waals surface area contributed by atoms with Crippen molar-refractivity contribution in [3.63, 3.8) is 0 Å². The van der Waals surface area contributed by atoms with Gasteiger partial charge < -0.3 is 15.2 Å². The second-order valence-electron chi connectivity index (χ2n) is 7.17. The number of hydrogen-bond acceptors (Lipinski definition) is 7. The molecular weight excluding hydrogens is 418 g/mol. The standard InChI is InChI=1S/C21H25N5O2S2/c1-3-26(4-2)17-9-8-13(10-22-17)23-18(27)12-29-11-16-24-20(28)19-14-6-5-7-15(14)30-21(19)25-16/h8-10H,3-7,11-12H2,1-2H3,(H,23,27)(H,24,25,28). The third-order valence-electron chi connectivity index (χ3n) is 5.22. The third kappa shape index (κ3) is 4.37. The molecule has 4 rings (SSSR count). The Morgan fingerprint density at radius 2 is 2.13 bits per heavy atom. The van der Waals surface area contributed by atoms with Gasteiger partial charge in [-0.25, -0.2) is 9.97 Å². The minimum Gasteiger partial charge on any atom is -0.357 e. The normalized spacial score (nSPS) is 12.9. The summed E-state index contributed by atoms with van der Waals surface area (Å²) in [5.74, 6) is 2.18.